The molecule has 6 rings (SSSR count). The molecule has 4 atom stereocenters. The lowest BCUT2D eigenvalue weighted by atomic mass is 9.75. The quantitative estimate of drug-likeness (QED) is 0.635. The summed E-state index contributed by atoms with van der Waals surface area (Å²) >= 11 is 3.53. The molecule has 0 radical (unpaired) electrons. The van der Waals surface area contributed by atoms with Crippen LogP contribution in [0.4, 0.5) is 11.4 Å². The van der Waals surface area contributed by atoms with E-state index >= 15 is 0 Å². The fraction of sp³-hybridized carbons (Fsp3) is 0.375. The third-order valence-electron chi connectivity index (χ3n) is 7.58. The van der Waals surface area contributed by atoms with Gasteiger partial charge >= 0.3 is 0 Å². The minimum Gasteiger partial charge on any atom is -0.324 e. The van der Waals surface area contributed by atoms with Gasteiger partial charge in [0.05, 0.1) is 17.5 Å². The molecule has 4 aliphatic rings. The number of halogens is 1. The van der Waals surface area contributed by atoms with E-state index in [-0.39, 0.29) is 23.8 Å². The molecule has 4 unspecified atom stereocenters. The summed E-state index contributed by atoms with van der Waals surface area (Å²) in [6.45, 7) is 4.64. The summed E-state index contributed by atoms with van der Waals surface area (Å²) in [6.07, 6.45) is 1.74. The van der Waals surface area contributed by atoms with Gasteiger partial charge in [0.1, 0.15) is 5.54 Å². The van der Waals surface area contributed by atoms with Crippen molar-refractivity contribution in [1.82, 2.24) is 4.90 Å². The predicted molar refractivity (Wildman–Crippen MR) is 120 cm³/mol. The van der Waals surface area contributed by atoms with Gasteiger partial charge in [-0.1, -0.05) is 24.3 Å². The molecule has 0 bridgehead atoms. The first-order chi connectivity index (χ1) is 14.9. The molecular weight excluding hydrogens is 458 g/mol. The average Bonchev–Trinajstić information content (AvgIpc) is 3.42. The molecule has 1 spiro atoms. The number of anilines is 2. The van der Waals surface area contributed by atoms with E-state index in [1.54, 1.807) is 0 Å². The van der Waals surface area contributed by atoms with Gasteiger partial charge in [-0.3, -0.25) is 19.3 Å². The molecule has 2 aromatic rings. The SMILES string of the molecule is Cc1ccc(N2C(=O)C3C4CCCN4C4(C(=O)Nc5c(C)cccc54)C3C2=O)c(Br)c1. The fourth-order valence-corrected chi connectivity index (χ4v) is 7.08. The lowest BCUT2D eigenvalue weighted by Crippen LogP contribution is -2.54. The van der Waals surface area contributed by atoms with Gasteiger partial charge in [0.2, 0.25) is 17.7 Å². The molecule has 158 valence electrons. The maximum Gasteiger partial charge on any atom is 0.250 e. The highest BCUT2D eigenvalue weighted by Gasteiger charge is 2.74. The Balaban J connectivity index is 1.57. The Kier molecular flexibility index (Phi) is 3.88. The van der Waals surface area contributed by atoms with Crippen molar-refractivity contribution >= 4 is 45.0 Å². The minimum atomic E-state index is -1.12. The van der Waals surface area contributed by atoms with E-state index < -0.39 is 17.4 Å². The van der Waals surface area contributed by atoms with Gasteiger partial charge in [-0.05, 0) is 72.4 Å². The zero-order valence-electron chi connectivity index (χ0n) is 17.3. The van der Waals surface area contributed by atoms with Crippen molar-refractivity contribution in [2.45, 2.75) is 38.3 Å². The smallest absolute Gasteiger partial charge is 0.250 e. The van der Waals surface area contributed by atoms with Gasteiger partial charge in [0, 0.05) is 21.8 Å². The van der Waals surface area contributed by atoms with E-state index in [0.717, 1.165) is 35.2 Å². The van der Waals surface area contributed by atoms with Crippen molar-refractivity contribution in [3.8, 4) is 0 Å². The van der Waals surface area contributed by atoms with E-state index in [0.29, 0.717) is 16.7 Å². The largest absolute Gasteiger partial charge is 0.324 e. The fourth-order valence-electron chi connectivity index (χ4n) is 6.41. The topological polar surface area (TPSA) is 69.7 Å². The van der Waals surface area contributed by atoms with Crippen molar-refractivity contribution in [2.75, 3.05) is 16.8 Å². The normalized spacial score (nSPS) is 31.4. The monoisotopic (exact) mass is 479 g/mol. The van der Waals surface area contributed by atoms with Crippen LogP contribution < -0.4 is 10.2 Å². The first-order valence-corrected chi connectivity index (χ1v) is 11.5. The second-order valence-electron chi connectivity index (χ2n) is 9.09. The summed E-state index contributed by atoms with van der Waals surface area (Å²) in [5.41, 5.74) is 3.06. The van der Waals surface area contributed by atoms with Crippen LogP contribution in [0.15, 0.2) is 40.9 Å². The Labute approximate surface area is 188 Å². The van der Waals surface area contributed by atoms with Gasteiger partial charge < -0.3 is 5.32 Å². The molecule has 0 aromatic heterocycles. The molecule has 0 saturated carbocycles. The van der Waals surface area contributed by atoms with Crippen LogP contribution >= 0.6 is 15.9 Å². The maximum absolute atomic E-state index is 13.9. The van der Waals surface area contributed by atoms with Crippen molar-refractivity contribution in [3.05, 3.63) is 57.6 Å². The predicted octanol–water partition coefficient (Wildman–Crippen LogP) is 3.50. The highest BCUT2D eigenvalue weighted by molar-refractivity contribution is 9.10. The Morgan fingerprint density at radius 3 is 2.68 bits per heavy atom. The van der Waals surface area contributed by atoms with Crippen LogP contribution in [0.1, 0.15) is 29.5 Å². The number of nitrogens with zero attached hydrogens (tertiary/aromatic N) is 2. The molecule has 3 amide bonds. The molecule has 2 aromatic carbocycles. The Morgan fingerprint density at radius 2 is 1.90 bits per heavy atom. The van der Waals surface area contributed by atoms with Gasteiger partial charge in [-0.15, -0.1) is 0 Å². The molecule has 1 N–H and O–H groups in total. The first-order valence-electron chi connectivity index (χ1n) is 10.7. The molecule has 3 fully saturated rings. The number of rotatable bonds is 1. The zero-order chi connectivity index (χ0) is 21.7. The number of fused-ring (bicyclic) bond motifs is 7. The number of imide groups is 1. The van der Waals surface area contributed by atoms with Gasteiger partial charge in [-0.2, -0.15) is 0 Å². The van der Waals surface area contributed by atoms with Crippen LogP contribution in [0.2, 0.25) is 0 Å². The van der Waals surface area contributed by atoms with E-state index in [4.69, 9.17) is 0 Å². The lowest BCUT2D eigenvalue weighted by molar-refractivity contribution is -0.135. The average molecular weight is 480 g/mol. The van der Waals surface area contributed by atoms with Crippen molar-refractivity contribution in [3.63, 3.8) is 0 Å². The van der Waals surface area contributed by atoms with Crippen LogP contribution in [0.5, 0.6) is 0 Å². The van der Waals surface area contributed by atoms with Crippen LogP contribution in [0, 0.1) is 25.7 Å². The number of nitrogens with one attached hydrogen (secondary N) is 1. The summed E-state index contributed by atoms with van der Waals surface area (Å²) in [5.74, 6) is -1.88. The van der Waals surface area contributed by atoms with Crippen LogP contribution in [0.25, 0.3) is 0 Å². The molecule has 7 heteroatoms. The number of carbonyl (C=O) groups is 3. The summed E-state index contributed by atoms with van der Waals surface area (Å²) in [5, 5.41) is 3.06. The van der Waals surface area contributed by atoms with Crippen molar-refractivity contribution < 1.29 is 14.4 Å². The number of hydrogen-bond acceptors (Lipinski definition) is 4. The lowest BCUT2D eigenvalue weighted by Gasteiger charge is -2.36. The molecular formula is C24H22BrN3O3. The summed E-state index contributed by atoms with van der Waals surface area (Å²) in [6, 6.07) is 11.3. The Bertz CT molecular complexity index is 1190. The Morgan fingerprint density at radius 1 is 1.10 bits per heavy atom. The van der Waals surface area contributed by atoms with Gasteiger partial charge in [0.25, 0.3) is 0 Å². The second-order valence-corrected chi connectivity index (χ2v) is 9.95. The summed E-state index contributed by atoms with van der Waals surface area (Å²) < 4.78 is 0.707. The standard InChI is InChI=1S/C24H22BrN3O3/c1-12-8-9-16(15(25)11-12)28-21(29)18-17-7-4-10-27(17)24(19(18)22(28)30)14-6-3-5-13(2)20(14)26-23(24)31/h3,5-6,8-9,11,17-19H,4,7,10H2,1-2H3,(H,26,31). The second kappa shape index (κ2) is 6.26. The zero-order valence-corrected chi connectivity index (χ0v) is 18.9. The molecule has 4 heterocycles. The van der Waals surface area contributed by atoms with Crippen LogP contribution in [-0.2, 0) is 19.9 Å². The highest BCUT2D eigenvalue weighted by Crippen LogP contribution is 2.61. The maximum atomic E-state index is 13.9. The van der Waals surface area contributed by atoms with Crippen molar-refractivity contribution in [1.29, 1.82) is 0 Å². The van der Waals surface area contributed by atoms with E-state index in [2.05, 4.69) is 26.1 Å². The molecule has 0 aliphatic carbocycles. The number of amides is 3. The van der Waals surface area contributed by atoms with E-state index in [9.17, 15) is 14.4 Å². The minimum absolute atomic E-state index is 0.104. The van der Waals surface area contributed by atoms with E-state index in [1.807, 2.05) is 50.2 Å². The van der Waals surface area contributed by atoms with Crippen LogP contribution in [0.3, 0.4) is 0 Å². The van der Waals surface area contributed by atoms with Gasteiger partial charge in [0.15, 0.2) is 0 Å². The number of hydrogen-bond donors (Lipinski definition) is 1. The van der Waals surface area contributed by atoms with Gasteiger partial charge in [-0.25, -0.2) is 4.90 Å². The molecule has 4 aliphatic heterocycles. The van der Waals surface area contributed by atoms with Crippen LogP contribution in [-0.4, -0.2) is 35.2 Å². The molecule has 6 nitrogen and oxygen atoms in total. The van der Waals surface area contributed by atoms with E-state index in [1.165, 1.54) is 4.90 Å². The molecule has 3 saturated heterocycles. The third kappa shape index (κ3) is 2.18. The Hall–Kier alpha value is -2.51. The molecule has 31 heavy (non-hydrogen) atoms. The van der Waals surface area contributed by atoms with Crippen molar-refractivity contribution in [2.24, 2.45) is 11.8 Å². The summed E-state index contributed by atoms with van der Waals surface area (Å²) in [7, 11) is 0. The first kappa shape index (κ1) is 19.2. The number of carbonyl (C=O) groups excluding carboxylic acids is 3. The highest BCUT2D eigenvalue weighted by atomic mass is 79.9. The number of aryl methyl sites for hydroxylation is 2. The third-order valence-corrected chi connectivity index (χ3v) is 8.22. The number of benzene rings is 2. The summed E-state index contributed by atoms with van der Waals surface area (Å²) in [4.78, 5) is 44.8. The number of para-hydroxylation sites is 1.